The standard InChI is InChI=1S/C16H25ClN2/c1-16(2,3)12-5-4-6-13(8-7-12)19-14-9-10-18-15(17)11-14/h9-13H,4-8H2,1-3H3,(H,18,19). The average molecular weight is 281 g/mol. The molecule has 0 spiro atoms. The molecule has 2 atom stereocenters. The summed E-state index contributed by atoms with van der Waals surface area (Å²) in [5, 5.41) is 4.17. The van der Waals surface area contributed by atoms with Crippen molar-refractivity contribution in [3.8, 4) is 0 Å². The summed E-state index contributed by atoms with van der Waals surface area (Å²) in [7, 11) is 0. The molecule has 0 aliphatic heterocycles. The number of hydrogen-bond donors (Lipinski definition) is 1. The molecular weight excluding hydrogens is 256 g/mol. The van der Waals surface area contributed by atoms with Crippen LogP contribution in [-0.2, 0) is 0 Å². The molecule has 1 aromatic heterocycles. The van der Waals surface area contributed by atoms with E-state index in [0.717, 1.165) is 11.6 Å². The van der Waals surface area contributed by atoms with Crippen LogP contribution in [0, 0.1) is 11.3 Å². The van der Waals surface area contributed by atoms with Gasteiger partial charge in [0.1, 0.15) is 5.15 Å². The lowest BCUT2D eigenvalue weighted by Crippen LogP contribution is -2.21. The van der Waals surface area contributed by atoms with Gasteiger partial charge in [0, 0.05) is 17.9 Å². The summed E-state index contributed by atoms with van der Waals surface area (Å²) in [5.41, 5.74) is 1.54. The Morgan fingerprint density at radius 3 is 2.68 bits per heavy atom. The van der Waals surface area contributed by atoms with Crippen molar-refractivity contribution in [3.05, 3.63) is 23.5 Å². The highest BCUT2D eigenvalue weighted by Crippen LogP contribution is 2.37. The maximum Gasteiger partial charge on any atom is 0.131 e. The largest absolute Gasteiger partial charge is 0.382 e. The molecule has 2 nitrogen and oxygen atoms in total. The van der Waals surface area contributed by atoms with E-state index in [1.54, 1.807) is 6.20 Å². The highest BCUT2D eigenvalue weighted by molar-refractivity contribution is 6.29. The van der Waals surface area contributed by atoms with E-state index in [4.69, 9.17) is 11.6 Å². The van der Waals surface area contributed by atoms with Crippen LogP contribution < -0.4 is 5.32 Å². The van der Waals surface area contributed by atoms with Gasteiger partial charge >= 0.3 is 0 Å². The summed E-state index contributed by atoms with van der Waals surface area (Å²) >= 11 is 5.93. The molecule has 1 heterocycles. The second kappa shape index (κ2) is 6.13. The molecule has 0 amide bonds. The molecule has 19 heavy (non-hydrogen) atoms. The van der Waals surface area contributed by atoms with Gasteiger partial charge in [0.15, 0.2) is 0 Å². The van der Waals surface area contributed by atoms with Crippen molar-refractivity contribution in [2.45, 2.75) is 58.9 Å². The summed E-state index contributed by atoms with van der Waals surface area (Å²) in [6, 6.07) is 4.48. The maximum absolute atomic E-state index is 5.93. The predicted octanol–water partition coefficient (Wildman–Crippen LogP) is 5.14. The molecule has 0 radical (unpaired) electrons. The number of rotatable bonds is 2. The third-order valence-corrected chi connectivity index (χ3v) is 4.50. The van der Waals surface area contributed by atoms with Crippen molar-refractivity contribution >= 4 is 17.3 Å². The van der Waals surface area contributed by atoms with E-state index in [2.05, 4.69) is 31.1 Å². The summed E-state index contributed by atoms with van der Waals surface area (Å²) in [6.07, 6.45) is 8.27. The van der Waals surface area contributed by atoms with E-state index in [0.29, 0.717) is 16.6 Å². The lowest BCUT2D eigenvalue weighted by molar-refractivity contribution is 0.214. The van der Waals surface area contributed by atoms with Crippen LogP contribution in [0.2, 0.25) is 5.15 Å². The molecular formula is C16H25ClN2. The molecule has 1 fully saturated rings. The van der Waals surface area contributed by atoms with E-state index < -0.39 is 0 Å². The number of anilines is 1. The van der Waals surface area contributed by atoms with Crippen LogP contribution in [-0.4, -0.2) is 11.0 Å². The third kappa shape index (κ3) is 4.38. The molecule has 0 aromatic carbocycles. The van der Waals surface area contributed by atoms with Crippen molar-refractivity contribution < 1.29 is 0 Å². The van der Waals surface area contributed by atoms with Gasteiger partial charge < -0.3 is 5.32 Å². The Labute approximate surface area is 122 Å². The Kier molecular flexibility index (Phi) is 4.72. The molecule has 1 saturated carbocycles. The zero-order valence-corrected chi connectivity index (χ0v) is 13.0. The van der Waals surface area contributed by atoms with Gasteiger partial charge in [-0.3, -0.25) is 0 Å². The number of halogens is 1. The Morgan fingerprint density at radius 1 is 1.21 bits per heavy atom. The Morgan fingerprint density at radius 2 is 2.00 bits per heavy atom. The van der Waals surface area contributed by atoms with E-state index in [-0.39, 0.29) is 0 Å². The van der Waals surface area contributed by atoms with E-state index in [1.807, 2.05) is 12.1 Å². The van der Waals surface area contributed by atoms with Gasteiger partial charge in [-0.25, -0.2) is 4.98 Å². The minimum absolute atomic E-state index is 0.439. The molecule has 1 aliphatic rings. The second-order valence-electron chi connectivity index (χ2n) is 6.78. The minimum Gasteiger partial charge on any atom is -0.382 e. The maximum atomic E-state index is 5.93. The highest BCUT2D eigenvalue weighted by Gasteiger charge is 2.27. The topological polar surface area (TPSA) is 24.9 Å². The zero-order chi connectivity index (χ0) is 13.9. The van der Waals surface area contributed by atoms with Crippen LogP contribution in [0.3, 0.4) is 0 Å². The predicted molar refractivity (Wildman–Crippen MR) is 82.7 cm³/mol. The highest BCUT2D eigenvalue weighted by atomic mass is 35.5. The van der Waals surface area contributed by atoms with E-state index >= 15 is 0 Å². The Hall–Kier alpha value is -0.760. The molecule has 2 unspecified atom stereocenters. The van der Waals surface area contributed by atoms with Crippen LogP contribution in [0.4, 0.5) is 5.69 Å². The Balaban J connectivity index is 1.93. The smallest absolute Gasteiger partial charge is 0.131 e. The molecule has 1 N–H and O–H groups in total. The molecule has 106 valence electrons. The molecule has 1 aliphatic carbocycles. The first kappa shape index (κ1) is 14.6. The molecule has 0 saturated heterocycles. The third-order valence-electron chi connectivity index (χ3n) is 4.29. The summed E-state index contributed by atoms with van der Waals surface area (Å²) in [6.45, 7) is 7.11. The van der Waals surface area contributed by atoms with Crippen LogP contribution in [0.1, 0.15) is 52.9 Å². The second-order valence-corrected chi connectivity index (χ2v) is 7.17. The zero-order valence-electron chi connectivity index (χ0n) is 12.2. The Bertz CT molecular complexity index is 411. The van der Waals surface area contributed by atoms with Gasteiger partial charge in [-0.2, -0.15) is 0 Å². The number of hydrogen-bond acceptors (Lipinski definition) is 2. The molecule has 2 rings (SSSR count). The van der Waals surface area contributed by atoms with Crippen LogP contribution in [0.5, 0.6) is 0 Å². The first-order valence-corrected chi connectivity index (χ1v) is 7.71. The lowest BCUT2D eigenvalue weighted by atomic mass is 9.76. The fourth-order valence-electron chi connectivity index (χ4n) is 3.04. The van der Waals surface area contributed by atoms with Crippen LogP contribution in [0.15, 0.2) is 18.3 Å². The SMILES string of the molecule is CC(C)(C)C1CCCC(Nc2ccnc(Cl)c2)CC1. The van der Waals surface area contributed by atoms with Crippen molar-refractivity contribution in [1.29, 1.82) is 0 Å². The number of aromatic nitrogens is 1. The van der Waals surface area contributed by atoms with Crippen molar-refractivity contribution in [1.82, 2.24) is 4.98 Å². The summed E-state index contributed by atoms with van der Waals surface area (Å²) < 4.78 is 0. The summed E-state index contributed by atoms with van der Waals surface area (Å²) in [4.78, 5) is 4.02. The van der Waals surface area contributed by atoms with Crippen LogP contribution >= 0.6 is 11.6 Å². The monoisotopic (exact) mass is 280 g/mol. The van der Waals surface area contributed by atoms with E-state index in [1.165, 1.54) is 32.1 Å². The number of pyridine rings is 1. The van der Waals surface area contributed by atoms with Gasteiger partial charge in [0.2, 0.25) is 0 Å². The molecule has 1 aromatic rings. The normalized spacial score (nSPS) is 24.8. The van der Waals surface area contributed by atoms with Gasteiger partial charge in [0.25, 0.3) is 0 Å². The van der Waals surface area contributed by atoms with Gasteiger partial charge in [-0.1, -0.05) is 38.8 Å². The van der Waals surface area contributed by atoms with Gasteiger partial charge in [-0.05, 0) is 49.1 Å². The quantitative estimate of drug-likeness (QED) is 0.599. The van der Waals surface area contributed by atoms with Gasteiger partial charge in [-0.15, -0.1) is 0 Å². The fraction of sp³-hybridized carbons (Fsp3) is 0.688. The van der Waals surface area contributed by atoms with Crippen molar-refractivity contribution in [3.63, 3.8) is 0 Å². The van der Waals surface area contributed by atoms with Crippen molar-refractivity contribution in [2.24, 2.45) is 11.3 Å². The average Bonchev–Trinajstić information content (AvgIpc) is 2.54. The minimum atomic E-state index is 0.439. The van der Waals surface area contributed by atoms with E-state index in [9.17, 15) is 0 Å². The first-order valence-electron chi connectivity index (χ1n) is 7.33. The fourth-order valence-corrected chi connectivity index (χ4v) is 3.21. The van der Waals surface area contributed by atoms with Crippen molar-refractivity contribution in [2.75, 3.05) is 5.32 Å². The molecule has 3 heteroatoms. The number of nitrogens with zero attached hydrogens (tertiary/aromatic N) is 1. The number of nitrogens with one attached hydrogen (secondary N) is 1. The summed E-state index contributed by atoms with van der Waals surface area (Å²) in [5.74, 6) is 0.848. The van der Waals surface area contributed by atoms with Crippen LogP contribution in [0.25, 0.3) is 0 Å². The lowest BCUT2D eigenvalue weighted by Gasteiger charge is -2.29. The first-order chi connectivity index (χ1) is 8.95. The molecule has 0 bridgehead atoms. The van der Waals surface area contributed by atoms with Gasteiger partial charge in [0.05, 0.1) is 0 Å².